The molecule has 0 aliphatic heterocycles. The average molecular weight is 466 g/mol. The van der Waals surface area contributed by atoms with Gasteiger partial charge in [0.05, 0.1) is 18.3 Å². The first-order chi connectivity index (χ1) is 17.2. The summed E-state index contributed by atoms with van der Waals surface area (Å²) in [6.45, 7) is 0.867. The van der Waals surface area contributed by atoms with Gasteiger partial charge in [-0.1, -0.05) is 54.6 Å². The molecule has 5 heteroatoms. The third-order valence-corrected chi connectivity index (χ3v) is 7.12. The van der Waals surface area contributed by atoms with Crippen molar-refractivity contribution < 1.29 is 9.13 Å². The lowest BCUT2D eigenvalue weighted by Crippen LogP contribution is -2.34. The molecule has 0 radical (unpaired) electrons. The number of hydrogen-bond donors (Lipinski definition) is 2. The van der Waals surface area contributed by atoms with Crippen molar-refractivity contribution in [1.82, 2.24) is 15.3 Å². The van der Waals surface area contributed by atoms with E-state index in [0.29, 0.717) is 12.5 Å². The van der Waals surface area contributed by atoms with E-state index in [-0.39, 0.29) is 11.6 Å². The highest BCUT2D eigenvalue weighted by molar-refractivity contribution is 6.10. The number of hydrogen-bond acceptors (Lipinski definition) is 3. The summed E-state index contributed by atoms with van der Waals surface area (Å²) < 4.78 is 19.5. The zero-order valence-electron chi connectivity index (χ0n) is 19.8. The van der Waals surface area contributed by atoms with Crippen molar-refractivity contribution in [3.05, 3.63) is 107 Å². The van der Waals surface area contributed by atoms with Gasteiger partial charge in [0.25, 0.3) is 0 Å². The molecule has 176 valence electrons. The molecule has 2 heterocycles. The van der Waals surface area contributed by atoms with Crippen LogP contribution in [0.15, 0.2) is 72.8 Å². The normalized spacial score (nSPS) is 15.4. The third-order valence-electron chi connectivity index (χ3n) is 7.12. The van der Waals surface area contributed by atoms with E-state index >= 15 is 0 Å². The number of aromatic amines is 1. The Balaban J connectivity index is 1.38. The highest BCUT2D eigenvalue weighted by Crippen LogP contribution is 2.36. The summed E-state index contributed by atoms with van der Waals surface area (Å²) in [5.41, 5.74) is 7.83. The molecule has 1 unspecified atom stereocenters. The largest absolute Gasteiger partial charge is 0.494 e. The van der Waals surface area contributed by atoms with Crippen molar-refractivity contribution in [1.29, 1.82) is 0 Å². The first kappa shape index (κ1) is 21.8. The van der Waals surface area contributed by atoms with Gasteiger partial charge in [0.1, 0.15) is 0 Å². The average Bonchev–Trinajstić information content (AvgIpc) is 3.29. The molecule has 1 aliphatic carbocycles. The standard InChI is InChI=1S/C30H28FN3O/c1-35-28-14-11-20(15-24(28)31)16-27-30-29(22-9-5-6-10-25(22)34-30)23-17-21(12-13-26(23)33-27)32-18-19-7-3-2-4-8-19/h2-11,14-15,21,32,34H,12-13,16-18H2,1H3. The summed E-state index contributed by atoms with van der Waals surface area (Å²) in [6, 6.07) is 24.6. The van der Waals surface area contributed by atoms with Gasteiger partial charge in [-0.3, -0.25) is 4.98 Å². The monoisotopic (exact) mass is 465 g/mol. The Morgan fingerprint density at radius 1 is 1.03 bits per heavy atom. The Labute approximate surface area is 204 Å². The Morgan fingerprint density at radius 3 is 2.69 bits per heavy atom. The van der Waals surface area contributed by atoms with Gasteiger partial charge in [0, 0.05) is 41.0 Å². The second-order valence-corrected chi connectivity index (χ2v) is 9.36. The summed E-state index contributed by atoms with van der Waals surface area (Å²) in [7, 11) is 1.49. The van der Waals surface area contributed by atoms with Gasteiger partial charge >= 0.3 is 0 Å². The Hall–Kier alpha value is -3.70. The molecule has 6 rings (SSSR count). The van der Waals surface area contributed by atoms with Gasteiger partial charge in [-0.15, -0.1) is 0 Å². The molecule has 0 saturated carbocycles. The molecule has 0 amide bonds. The molecular weight excluding hydrogens is 437 g/mol. The summed E-state index contributed by atoms with van der Waals surface area (Å²) in [5, 5.41) is 6.26. The molecule has 5 aromatic rings. The van der Waals surface area contributed by atoms with E-state index in [1.54, 1.807) is 12.1 Å². The fraction of sp³-hybridized carbons (Fsp3) is 0.233. The van der Waals surface area contributed by atoms with Crippen LogP contribution in [0.1, 0.15) is 34.5 Å². The highest BCUT2D eigenvalue weighted by atomic mass is 19.1. The van der Waals surface area contributed by atoms with Crippen LogP contribution in [0.2, 0.25) is 0 Å². The molecule has 4 nitrogen and oxygen atoms in total. The van der Waals surface area contributed by atoms with Crippen LogP contribution in [0, 0.1) is 5.82 Å². The van der Waals surface area contributed by atoms with Crippen molar-refractivity contribution in [2.75, 3.05) is 7.11 Å². The van der Waals surface area contributed by atoms with Crippen molar-refractivity contribution in [3.63, 3.8) is 0 Å². The number of fused-ring (bicyclic) bond motifs is 5. The van der Waals surface area contributed by atoms with Crippen LogP contribution >= 0.6 is 0 Å². The number of nitrogens with one attached hydrogen (secondary N) is 2. The van der Waals surface area contributed by atoms with Crippen LogP contribution in [0.3, 0.4) is 0 Å². The molecule has 0 fully saturated rings. The SMILES string of the molecule is COc1ccc(Cc2nc3c(c4c2[nH]c2ccccc24)CC(NCc2ccccc2)CC3)cc1F. The van der Waals surface area contributed by atoms with E-state index in [1.807, 2.05) is 6.07 Å². The lowest BCUT2D eigenvalue weighted by molar-refractivity contribution is 0.386. The maximum Gasteiger partial charge on any atom is 0.165 e. The van der Waals surface area contributed by atoms with Crippen LogP contribution < -0.4 is 10.1 Å². The molecule has 35 heavy (non-hydrogen) atoms. The molecule has 1 aliphatic rings. The summed E-state index contributed by atoms with van der Waals surface area (Å²) in [4.78, 5) is 8.77. The molecule has 0 spiro atoms. The number of para-hydroxylation sites is 1. The van der Waals surface area contributed by atoms with Gasteiger partial charge in [0.2, 0.25) is 0 Å². The summed E-state index contributed by atoms with van der Waals surface area (Å²) in [6.07, 6.45) is 3.50. The minimum atomic E-state index is -0.344. The number of benzene rings is 3. The number of ether oxygens (including phenoxy) is 1. The van der Waals surface area contributed by atoms with E-state index in [1.165, 1.54) is 34.7 Å². The molecule has 0 bridgehead atoms. The number of halogens is 1. The van der Waals surface area contributed by atoms with Crippen LogP contribution in [0.25, 0.3) is 21.8 Å². The maximum atomic E-state index is 14.4. The van der Waals surface area contributed by atoms with E-state index < -0.39 is 0 Å². The highest BCUT2D eigenvalue weighted by Gasteiger charge is 2.25. The smallest absolute Gasteiger partial charge is 0.165 e. The van der Waals surface area contributed by atoms with Gasteiger partial charge in [-0.2, -0.15) is 0 Å². The molecule has 0 saturated heterocycles. The lowest BCUT2D eigenvalue weighted by atomic mass is 9.88. The number of methoxy groups -OCH3 is 1. The van der Waals surface area contributed by atoms with Crippen molar-refractivity contribution in [3.8, 4) is 5.75 Å². The topological polar surface area (TPSA) is 49.9 Å². The van der Waals surface area contributed by atoms with E-state index in [2.05, 4.69) is 64.9 Å². The minimum Gasteiger partial charge on any atom is -0.494 e. The van der Waals surface area contributed by atoms with E-state index in [9.17, 15) is 4.39 Å². The molecule has 1 atom stereocenters. The van der Waals surface area contributed by atoms with Gasteiger partial charge < -0.3 is 15.0 Å². The predicted octanol–water partition coefficient (Wildman–Crippen LogP) is 6.10. The first-order valence-electron chi connectivity index (χ1n) is 12.2. The second-order valence-electron chi connectivity index (χ2n) is 9.36. The lowest BCUT2D eigenvalue weighted by Gasteiger charge is -2.26. The van der Waals surface area contributed by atoms with Crippen molar-refractivity contribution in [2.24, 2.45) is 0 Å². The minimum absolute atomic E-state index is 0.261. The first-order valence-corrected chi connectivity index (χ1v) is 12.2. The van der Waals surface area contributed by atoms with Gasteiger partial charge in [-0.05, 0) is 54.2 Å². The molecule has 3 aromatic carbocycles. The van der Waals surface area contributed by atoms with E-state index in [0.717, 1.165) is 48.1 Å². The van der Waals surface area contributed by atoms with Crippen LogP contribution in [-0.2, 0) is 25.8 Å². The Bertz CT molecular complexity index is 1510. The molecule has 2 N–H and O–H groups in total. The van der Waals surface area contributed by atoms with Gasteiger partial charge in [0.15, 0.2) is 11.6 Å². The predicted molar refractivity (Wildman–Crippen MR) is 138 cm³/mol. The molecular formula is C30H28FN3O. The summed E-state index contributed by atoms with van der Waals surface area (Å²) in [5.74, 6) is -0.0832. The number of nitrogens with zero attached hydrogens (tertiary/aromatic N) is 1. The third kappa shape index (κ3) is 4.17. The van der Waals surface area contributed by atoms with Crippen molar-refractivity contribution in [2.45, 2.75) is 38.3 Å². The second kappa shape index (κ2) is 9.16. The number of rotatable bonds is 6. The fourth-order valence-corrected chi connectivity index (χ4v) is 5.36. The van der Waals surface area contributed by atoms with E-state index in [4.69, 9.17) is 9.72 Å². The maximum absolute atomic E-state index is 14.4. The fourth-order valence-electron chi connectivity index (χ4n) is 5.36. The quantitative estimate of drug-likeness (QED) is 0.319. The van der Waals surface area contributed by atoms with Crippen molar-refractivity contribution >= 4 is 21.8 Å². The number of aryl methyl sites for hydroxylation is 1. The van der Waals surface area contributed by atoms with Gasteiger partial charge in [-0.25, -0.2) is 4.39 Å². The van der Waals surface area contributed by atoms with Crippen LogP contribution in [0.4, 0.5) is 4.39 Å². The Kier molecular flexibility index (Phi) is 5.71. The Morgan fingerprint density at radius 2 is 1.86 bits per heavy atom. The summed E-state index contributed by atoms with van der Waals surface area (Å²) >= 11 is 0. The van der Waals surface area contributed by atoms with Crippen LogP contribution in [0.5, 0.6) is 5.75 Å². The number of H-pyrrole nitrogens is 1. The van der Waals surface area contributed by atoms with Crippen LogP contribution in [-0.4, -0.2) is 23.1 Å². The number of pyridine rings is 1. The zero-order chi connectivity index (χ0) is 23.8. The molecule has 2 aromatic heterocycles. The zero-order valence-corrected chi connectivity index (χ0v) is 19.8. The number of aromatic nitrogens is 2.